The molecule has 1 aromatic carbocycles. The lowest BCUT2D eigenvalue weighted by atomic mass is 10.3. The van der Waals surface area contributed by atoms with Gasteiger partial charge in [0.1, 0.15) is 12.4 Å². The maximum Gasteiger partial charge on any atom is 0.315 e. The number of urea groups is 1. The van der Waals surface area contributed by atoms with E-state index in [0.29, 0.717) is 13.0 Å². The van der Waals surface area contributed by atoms with Crippen molar-refractivity contribution in [2.45, 2.75) is 19.4 Å². The summed E-state index contributed by atoms with van der Waals surface area (Å²) < 4.78 is 31.4. The number of hydrogen-bond donors (Lipinski definition) is 2. The van der Waals surface area contributed by atoms with Crippen LogP contribution >= 0.6 is 0 Å². The van der Waals surface area contributed by atoms with Crippen LogP contribution in [0.2, 0.25) is 0 Å². The van der Waals surface area contributed by atoms with Gasteiger partial charge in [-0.2, -0.15) is 0 Å². The van der Waals surface area contributed by atoms with E-state index in [1.54, 1.807) is 13.1 Å². The van der Waals surface area contributed by atoms with Crippen molar-refractivity contribution in [3.63, 3.8) is 0 Å². The van der Waals surface area contributed by atoms with Crippen LogP contribution in [0.1, 0.15) is 12.6 Å². The van der Waals surface area contributed by atoms with Gasteiger partial charge in [-0.15, -0.1) is 0 Å². The molecular weight excluding hydrogens is 316 g/mol. The van der Waals surface area contributed by atoms with Crippen LogP contribution in [0.3, 0.4) is 0 Å². The van der Waals surface area contributed by atoms with Gasteiger partial charge in [0.15, 0.2) is 11.6 Å². The zero-order valence-corrected chi connectivity index (χ0v) is 13.3. The van der Waals surface area contributed by atoms with E-state index in [2.05, 4.69) is 15.6 Å². The number of hydrogen-bond acceptors (Lipinski definition) is 3. The van der Waals surface area contributed by atoms with Gasteiger partial charge in [-0.25, -0.2) is 13.6 Å². The molecular formula is C17H19F2N3O2. The van der Waals surface area contributed by atoms with Crippen LogP contribution in [-0.2, 0) is 6.42 Å². The Morgan fingerprint density at radius 2 is 2.12 bits per heavy atom. The van der Waals surface area contributed by atoms with Crippen molar-refractivity contribution in [2.24, 2.45) is 0 Å². The van der Waals surface area contributed by atoms with Crippen molar-refractivity contribution in [3.05, 3.63) is 59.9 Å². The summed E-state index contributed by atoms with van der Waals surface area (Å²) in [6.07, 6.45) is 2.32. The van der Waals surface area contributed by atoms with Gasteiger partial charge in [0, 0.05) is 30.9 Å². The first-order valence-corrected chi connectivity index (χ1v) is 7.56. The van der Waals surface area contributed by atoms with Crippen LogP contribution in [0.5, 0.6) is 5.75 Å². The average molecular weight is 335 g/mol. The molecule has 0 aliphatic rings. The molecule has 7 heteroatoms. The molecule has 2 amide bonds. The maximum atomic E-state index is 13.4. The Hall–Kier alpha value is -2.70. The average Bonchev–Trinajstić information content (AvgIpc) is 2.55. The minimum absolute atomic E-state index is 0.0550. The number of carbonyl (C=O) groups excluding carboxylic acids is 1. The molecule has 2 rings (SSSR count). The maximum absolute atomic E-state index is 13.4. The van der Waals surface area contributed by atoms with E-state index in [-0.39, 0.29) is 24.4 Å². The first kappa shape index (κ1) is 17.7. The summed E-state index contributed by atoms with van der Waals surface area (Å²) in [6.45, 7) is 2.24. The Bertz CT molecular complexity index is 668. The summed E-state index contributed by atoms with van der Waals surface area (Å²) >= 11 is 0. The molecule has 0 bridgehead atoms. The van der Waals surface area contributed by atoms with Crippen LogP contribution in [0.4, 0.5) is 13.6 Å². The molecule has 2 aromatic rings. The third-order valence-electron chi connectivity index (χ3n) is 3.15. The predicted molar refractivity (Wildman–Crippen MR) is 85.8 cm³/mol. The van der Waals surface area contributed by atoms with Gasteiger partial charge >= 0.3 is 6.03 Å². The van der Waals surface area contributed by atoms with Crippen LogP contribution in [0, 0.1) is 11.6 Å². The van der Waals surface area contributed by atoms with Crippen molar-refractivity contribution in [2.75, 3.05) is 13.2 Å². The number of aromatic nitrogens is 1. The fraction of sp³-hybridized carbons (Fsp3) is 0.294. The van der Waals surface area contributed by atoms with E-state index in [9.17, 15) is 13.6 Å². The number of carbonyl (C=O) groups is 1. The smallest absolute Gasteiger partial charge is 0.315 e. The number of rotatable bonds is 7. The molecule has 0 fully saturated rings. The first-order chi connectivity index (χ1) is 11.5. The van der Waals surface area contributed by atoms with Crippen molar-refractivity contribution in [1.29, 1.82) is 0 Å². The van der Waals surface area contributed by atoms with Crippen molar-refractivity contribution >= 4 is 6.03 Å². The second kappa shape index (κ2) is 8.81. The predicted octanol–water partition coefficient (Wildman–Crippen LogP) is 2.67. The molecule has 0 aliphatic heterocycles. The Morgan fingerprint density at radius 3 is 2.83 bits per heavy atom. The van der Waals surface area contributed by atoms with Gasteiger partial charge in [-0.3, -0.25) is 4.98 Å². The monoisotopic (exact) mass is 335 g/mol. The number of amides is 2. The van der Waals surface area contributed by atoms with E-state index >= 15 is 0 Å². The fourth-order valence-electron chi connectivity index (χ4n) is 1.97. The quantitative estimate of drug-likeness (QED) is 0.818. The second-order valence-electron chi connectivity index (χ2n) is 5.26. The van der Waals surface area contributed by atoms with Crippen molar-refractivity contribution < 1.29 is 18.3 Å². The van der Waals surface area contributed by atoms with E-state index in [1.807, 2.05) is 18.2 Å². The number of pyridine rings is 1. The first-order valence-electron chi connectivity index (χ1n) is 7.56. The number of ether oxygens (including phenoxy) is 1. The number of halogens is 2. The summed E-state index contributed by atoms with van der Waals surface area (Å²) in [6, 6.07) is 7.98. The fourth-order valence-corrected chi connectivity index (χ4v) is 1.97. The molecule has 0 aliphatic carbocycles. The highest BCUT2D eigenvalue weighted by Gasteiger charge is 2.10. The summed E-state index contributed by atoms with van der Waals surface area (Å²) in [7, 11) is 0. The standard InChI is InChI=1S/C17H19F2N3O2/c1-12(11-24-16-6-5-13(18)10-15(16)19)22-17(23)21-9-7-14-4-2-3-8-20-14/h2-6,8,10,12H,7,9,11H2,1H3,(H2,21,22,23)/t12-/m1/s1. The van der Waals surface area contributed by atoms with Gasteiger partial charge in [0.05, 0.1) is 6.04 Å². The third kappa shape index (κ3) is 5.83. The topological polar surface area (TPSA) is 63.2 Å². The zero-order chi connectivity index (χ0) is 17.4. The highest BCUT2D eigenvalue weighted by molar-refractivity contribution is 5.74. The van der Waals surface area contributed by atoms with Gasteiger partial charge in [-0.1, -0.05) is 6.07 Å². The lowest BCUT2D eigenvalue weighted by molar-refractivity contribution is 0.224. The lowest BCUT2D eigenvalue weighted by Gasteiger charge is -2.16. The number of benzene rings is 1. The molecule has 5 nitrogen and oxygen atoms in total. The molecule has 0 saturated heterocycles. The Morgan fingerprint density at radius 1 is 1.29 bits per heavy atom. The molecule has 1 atom stereocenters. The van der Waals surface area contributed by atoms with Crippen molar-refractivity contribution in [3.8, 4) is 5.75 Å². The Kier molecular flexibility index (Phi) is 6.48. The van der Waals surface area contributed by atoms with E-state index in [0.717, 1.165) is 17.8 Å². The summed E-state index contributed by atoms with van der Waals surface area (Å²) in [4.78, 5) is 15.9. The SMILES string of the molecule is C[C@H](COc1ccc(F)cc1F)NC(=O)NCCc1ccccn1. The summed E-state index contributed by atoms with van der Waals surface area (Å²) in [5, 5.41) is 5.39. The zero-order valence-electron chi connectivity index (χ0n) is 13.3. The normalized spacial score (nSPS) is 11.6. The summed E-state index contributed by atoms with van der Waals surface area (Å²) in [5.74, 6) is -1.50. The minimum atomic E-state index is -0.776. The summed E-state index contributed by atoms with van der Waals surface area (Å²) in [5.41, 5.74) is 0.890. The number of nitrogens with one attached hydrogen (secondary N) is 2. The van der Waals surface area contributed by atoms with E-state index < -0.39 is 11.6 Å². The van der Waals surface area contributed by atoms with Crippen LogP contribution in [0.25, 0.3) is 0 Å². The van der Waals surface area contributed by atoms with Gasteiger partial charge < -0.3 is 15.4 Å². The number of nitrogens with zero attached hydrogens (tertiary/aromatic N) is 1. The van der Waals surface area contributed by atoms with Gasteiger partial charge in [0.2, 0.25) is 0 Å². The highest BCUT2D eigenvalue weighted by atomic mass is 19.1. The van der Waals surface area contributed by atoms with Crippen LogP contribution in [-0.4, -0.2) is 30.2 Å². The molecule has 24 heavy (non-hydrogen) atoms. The molecule has 1 heterocycles. The largest absolute Gasteiger partial charge is 0.488 e. The van der Waals surface area contributed by atoms with Crippen LogP contribution in [0.15, 0.2) is 42.6 Å². The highest BCUT2D eigenvalue weighted by Crippen LogP contribution is 2.17. The molecule has 0 spiro atoms. The van der Waals surface area contributed by atoms with Gasteiger partial charge in [-0.05, 0) is 31.2 Å². The molecule has 128 valence electrons. The lowest BCUT2D eigenvalue weighted by Crippen LogP contribution is -2.43. The molecule has 0 saturated carbocycles. The molecule has 0 radical (unpaired) electrons. The molecule has 0 unspecified atom stereocenters. The van der Waals surface area contributed by atoms with E-state index in [1.165, 1.54) is 6.07 Å². The molecule has 1 aromatic heterocycles. The van der Waals surface area contributed by atoms with E-state index in [4.69, 9.17) is 4.74 Å². The van der Waals surface area contributed by atoms with Crippen LogP contribution < -0.4 is 15.4 Å². The van der Waals surface area contributed by atoms with Gasteiger partial charge in [0.25, 0.3) is 0 Å². The minimum Gasteiger partial charge on any atom is -0.488 e. The molecule has 2 N–H and O–H groups in total. The Balaban J connectivity index is 1.67. The second-order valence-corrected chi connectivity index (χ2v) is 5.26. The third-order valence-corrected chi connectivity index (χ3v) is 3.15. The Labute approximate surface area is 139 Å². The van der Waals surface area contributed by atoms with Crippen molar-refractivity contribution in [1.82, 2.24) is 15.6 Å².